The van der Waals surface area contributed by atoms with Gasteiger partial charge in [0.15, 0.2) is 17.0 Å². The van der Waals surface area contributed by atoms with Gasteiger partial charge in [-0.05, 0) is 16.7 Å². The van der Waals surface area contributed by atoms with Crippen molar-refractivity contribution in [2.45, 2.75) is 38.9 Å². The van der Waals surface area contributed by atoms with Crippen molar-refractivity contribution in [3.05, 3.63) is 89.4 Å². The van der Waals surface area contributed by atoms with Crippen LogP contribution in [0.25, 0.3) is 11.2 Å². The Morgan fingerprint density at radius 2 is 1.76 bits per heavy atom. The molecule has 4 heterocycles. The zero-order valence-electron chi connectivity index (χ0n) is 18.2. The summed E-state index contributed by atoms with van der Waals surface area (Å²) in [6.45, 7) is 3.25. The van der Waals surface area contributed by atoms with Crippen molar-refractivity contribution in [1.82, 2.24) is 35.2 Å². The lowest BCUT2D eigenvalue weighted by atomic mass is 9.94. The minimum absolute atomic E-state index is 0.148. The fraction of sp³-hybridized carbons (Fsp3) is 0.250. The van der Waals surface area contributed by atoms with Crippen LogP contribution >= 0.6 is 0 Å². The van der Waals surface area contributed by atoms with Crippen molar-refractivity contribution in [2.24, 2.45) is 0 Å². The standard InChI is InChI=1S/C24H22N8O/c1-2-20-27-29-24(33-20)19-12-17-10-6-7-11-18(17)14-31(19)22-21-23(26-15-25-22)32(30-28-21)13-16-8-4-3-5-9-16/h3-11,15,19H,2,12-14H2,1H3. The second-order valence-electron chi connectivity index (χ2n) is 8.11. The Kier molecular flexibility index (Phi) is 4.79. The first-order chi connectivity index (χ1) is 16.3. The number of hydrogen-bond donors (Lipinski definition) is 0. The van der Waals surface area contributed by atoms with Gasteiger partial charge in [0.2, 0.25) is 11.8 Å². The van der Waals surface area contributed by atoms with Crippen LogP contribution in [0.2, 0.25) is 0 Å². The minimum atomic E-state index is -0.148. The highest BCUT2D eigenvalue weighted by Gasteiger charge is 2.34. The third-order valence-corrected chi connectivity index (χ3v) is 6.05. The second-order valence-corrected chi connectivity index (χ2v) is 8.11. The van der Waals surface area contributed by atoms with E-state index in [4.69, 9.17) is 4.42 Å². The van der Waals surface area contributed by atoms with E-state index in [-0.39, 0.29) is 6.04 Å². The van der Waals surface area contributed by atoms with E-state index in [1.165, 1.54) is 11.1 Å². The fourth-order valence-electron chi connectivity index (χ4n) is 4.36. The molecule has 0 radical (unpaired) electrons. The molecule has 0 bridgehead atoms. The summed E-state index contributed by atoms with van der Waals surface area (Å²) in [5, 5.41) is 17.4. The highest BCUT2D eigenvalue weighted by molar-refractivity contribution is 5.83. The number of benzene rings is 2. The first-order valence-corrected chi connectivity index (χ1v) is 11.0. The maximum Gasteiger partial charge on any atom is 0.239 e. The molecule has 1 unspecified atom stereocenters. The zero-order chi connectivity index (χ0) is 22.2. The number of anilines is 1. The maximum atomic E-state index is 5.99. The topological polar surface area (TPSA) is 98.6 Å². The Morgan fingerprint density at radius 3 is 2.58 bits per heavy atom. The molecule has 0 amide bonds. The smallest absolute Gasteiger partial charge is 0.239 e. The molecule has 6 rings (SSSR count). The molecule has 1 aliphatic heterocycles. The molecule has 1 atom stereocenters. The van der Waals surface area contributed by atoms with E-state index in [1.54, 1.807) is 6.33 Å². The van der Waals surface area contributed by atoms with Crippen molar-refractivity contribution < 1.29 is 4.42 Å². The minimum Gasteiger partial charge on any atom is -0.423 e. The van der Waals surface area contributed by atoms with Crippen LogP contribution in [0.1, 0.15) is 41.4 Å². The lowest BCUT2D eigenvalue weighted by molar-refractivity contribution is 0.396. The van der Waals surface area contributed by atoms with Crippen molar-refractivity contribution in [3.63, 3.8) is 0 Å². The van der Waals surface area contributed by atoms with Crippen LogP contribution < -0.4 is 4.90 Å². The third-order valence-electron chi connectivity index (χ3n) is 6.05. The third kappa shape index (κ3) is 3.51. The van der Waals surface area contributed by atoms with Gasteiger partial charge in [-0.15, -0.1) is 15.3 Å². The van der Waals surface area contributed by atoms with Gasteiger partial charge in [0.25, 0.3) is 0 Å². The van der Waals surface area contributed by atoms with Gasteiger partial charge >= 0.3 is 0 Å². The number of fused-ring (bicyclic) bond motifs is 2. The lowest BCUT2D eigenvalue weighted by Gasteiger charge is -2.35. The van der Waals surface area contributed by atoms with E-state index in [1.807, 2.05) is 29.8 Å². The number of aryl methyl sites for hydroxylation is 1. The molecule has 0 saturated carbocycles. The van der Waals surface area contributed by atoms with Crippen LogP contribution in [0.15, 0.2) is 65.3 Å². The summed E-state index contributed by atoms with van der Waals surface area (Å²) >= 11 is 0. The molecule has 3 aromatic heterocycles. The van der Waals surface area contributed by atoms with Crippen molar-refractivity contribution >= 4 is 17.0 Å². The molecular weight excluding hydrogens is 416 g/mol. The van der Waals surface area contributed by atoms with Crippen LogP contribution in [0, 0.1) is 0 Å². The molecule has 0 saturated heterocycles. The van der Waals surface area contributed by atoms with E-state index in [0.29, 0.717) is 42.5 Å². The molecule has 9 heteroatoms. The first-order valence-electron chi connectivity index (χ1n) is 11.0. The summed E-state index contributed by atoms with van der Waals surface area (Å²) in [5.74, 6) is 1.94. The van der Waals surface area contributed by atoms with E-state index in [2.05, 4.69) is 71.8 Å². The van der Waals surface area contributed by atoms with Crippen molar-refractivity contribution in [1.29, 1.82) is 0 Å². The van der Waals surface area contributed by atoms with Crippen molar-refractivity contribution in [3.8, 4) is 0 Å². The summed E-state index contributed by atoms with van der Waals surface area (Å²) in [4.78, 5) is 11.3. The Bertz CT molecular complexity index is 1410. The summed E-state index contributed by atoms with van der Waals surface area (Å²) in [7, 11) is 0. The first kappa shape index (κ1) is 19.5. The Balaban J connectivity index is 1.44. The number of nitrogens with zero attached hydrogens (tertiary/aromatic N) is 8. The average Bonchev–Trinajstić information content (AvgIpc) is 3.51. The molecule has 0 fully saturated rings. The second kappa shape index (κ2) is 8.09. The molecular formula is C24H22N8O. The predicted molar refractivity (Wildman–Crippen MR) is 121 cm³/mol. The Morgan fingerprint density at radius 1 is 0.939 bits per heavy atom. The van der Waals surface area contributed by atoms with E-state index in [0.717, 1.165) is 17.8 Å². The number of aromatic nitrogens is 7. The predicted octanol–water partition coefficient (Wildman–Crippen LogP) is 3.52. The molecule has 5 aromatic rings. The van der Waals surface area contributed by atoms with Gasteiger partial charge in [0.1, 0.15) is 12.4 Å². The van der Waals surface area contributed by atoms with Gasteiger partial charge in [-0.3, -0.25) is 0 Å². The maximum absolute atomic E-state index is 5.99. The fourth-order valence-corrected chi connectivity index (χ4v) is 4.36. The van der Waals surface area contributed by atoms with Crippen LogP contribution in [-0.2, 0) is 25.9 Å². The monoisotopic (exact) mass is 438 g/mol. The van der Waals surface area contributed by atoms with Crippen LogP contribution in [0.3, 0.4) is 0 Å². The van der Waals surface area contributed by atoms with Gasteiger partial charge in [-0.25, -0.2) is 14.6 Å². The van der Waals surface area contributed by atoms with Gasteiger partial charge in [0, 0.05) is 19.4 Å². The quantitative estimate of drug-likeness (QED) is 0.411. The zero-order valence-corrected chi connectivity index (χ0v) is 18.2. The van der Waals surface area contributed by atoms with Crippen molar-refractivity contribution in [2.75, 3.05) is 4.90 Å². The summed E-state index contributed by atoms with van der Waals surface area (Å²) < 4.78 is 7.80. The average molecular weight is 438 g/mol. The molecule has 0 aliphatic carbocycles. The molecule has 164 valence electrons. The van der Waals surface area contributed by atoms with Gasteiger partial charge in [0.05, 0.1) is 6.54 Å². The van der Waals surface area contributed by atoms with E-state index < -0.39 is 0 Å². The Hall–Kier alpha value is -4.14. The number of rotatable bonds is 5. The molecule has 2 aromatic carbocycles. The molecule has 1 aliphatic rings. The summed E-state index contributed by atoms with van der Waals surface area (Å²) in [5.41, 5.74) is 5.00. The van der Waals surface area contributed by atoms with Gasteiger partial charge in [-0.2, -0.15) is 0 Å². The molecule has 0 N–H and O–H groups in total. The molecule has 0 spiro atoms. The highest BCUT2D eigenvalue weighted by atomic mass is 16.4. The highest BCUT2D eigenvalue weighted by Crippen LogP contribution is 2.37. The lowest BCUT2D eigenvalue weighted by Crippen LogP contribution is -2.35. The van der Waals surface area contributed by atoms with E-state index >= 15 is 0 Å². The number of hydrogen-bond acceptors (Lipinski definition) is 8. The van der Waals surface area contributed by atoms with E-state index in [9.17, 15) is 0 Å². The van der Waals surface area contributed by atoms with Crippen LogP contribution in [-0.4, -0.2) is 35.2 Å². The normalized spacial score (nSPS) is 15.7. The molecule has 33 heavy (non-hydrogen) atoms. The Labute approximate surface area is 190 Å². The van der Waals surface area contributed by atoms with Crippen LogP contribution in [0.5, 0.6) is 0 Å². The summed E-state index contributed by atoms with van der Waals surface area (Å²) in [6.07, 6.45) is 3.01. The SMILES string of the molecule is CCc1nnc(C2Cc3ccccc3CN2c2ncnc3c2nnn3Cc2ccccc2)o1. The van der Waals surface area contributed by atoms with Gasteiger partial charge < -0.3 is 9.32 Å². The van der Waals surface area contributed by atoms with Gasteiger partial charge in [-0.1, -0.05) is 66.7 Å². The van der Waals surface area contributed by atoms with Crippen LogP contribution in [0.4, 0.5) is 5.82 Å². The summed E-state index contributed by atoms with van der Waals surface area (Å²) in [6, 6.07) is 18.4. The largest absolute Gasteiger partial charge is 0.423 e. The molecule has 9 nitrogen and oxygen atoms in total.